The maximum atomic E-state index is 12.0. The Labute approximate surface area is 141 Å². The molecule has 0 radical (unpaired) electrons. The molecule has 1 rings (SSSR count). The van der Waals surface area contributed by atoms with Crippen molar-refractivity contribution < 1.29 is 27.5 Å². The fourth-order valence-corrected chi connectivity index (χ4v) is 2.61. The van der Waals surface area contributed by atoms with Gasteiger partial charge in [0, 0.05) is 0 Å². The molecule has 0 saturated carbocycles. The maximum Gasteiger partial charge on any atom is 0.516 e. The Hall–Kier alpha value is -1.97. The summed E-state index contributed by atoms with van der Waals surface area (Å²) in [7, 11) is -3.63. The predicted octanol–water partition coefficient (Wildman–Crippen LogP) is 0.913. The van der Waals surface area contributed by atoms with Crippen molar-refractivity contribution in [3.63, 3.8) is 0 Å². The first kappa shape index (κ1) is 20.1. The Balaban J connectivity index is 2.53. The molecule has 1 aromatic rings. The third kappa shape index (κ3) is 8.61. The minimum absolute atomic E-state index is 0.0513. The van der Waals surface area contributed by atoms with E-state index in [9.17, 15) is 18.0 Å². The van der Waals surface area contributed by atoms with Crippen LogP contribution in [0.25, 0.3) is 0 Å². The Morgan fingerprint density at radius 1 is 1.21 bits per heavy atom. The van der Waals surface area contributed by atoms with E-state index in [1.807, 2.05) is 6.07 Å². The average molecular weight is 358 g/mol. The summed E-state index contributed by atoms with van der Waals surface area (Å²) in [5, 5.41) is 0. The summed E-state index contributed by atoms with van der Waals surface area (Å²) in [5.41, 5.74) is 6.10. The number of rotatable bonds is 9. The van der Waals surface area contributed by atoms with Crippen molar-refractivity contribution in [3.05, 3.63) is 35.9 Å². The van der Waals surface area contributed by atoms with E-state index in [0.717, 1.165) is 11.8 Å². The third-order valence-corrected chi connectivity index (χ3v) is 3.68. The molecule has 9 heteroatoms. The maximum absolute atomic E-state index is 12.0. The van der Waals surface area contributed by atoms with E-state index >= 15 is 0 Å². The van der Waals surface area contributed by atoms with Crippen LogP contribution in [0.2, 0.25) is 0 Å². The highest BCUT2D eigenvalue weighted by Gasteiger charge is 2.26. The molecule has 1 aromatic carbocycles. The molecule has 0 aromatic heterocycles. The van der Waals surface area contributed by atoms with Gasteiger partial charge in [-0.2, -0.15) is 0 Å². The van der Waals surface area contributed by atoms with Crippen molar-refractivity contribution in [2.24, 2.45) is 5.73 Å². The highest BCUT2D eigenvalue weighted by Crippen LogP contribution is 2.06. The molecule has 0 aliphatic heterocycles. The smallest absolute Gasteiger partial charge is 0.429 e. The topological polar surface area (TPSA) is 125 Å². The van der Waals surface area contributed by atoms with E-state index in [1.165, 1.54) is 0 Å². The summed E-state index contributed by atoms with van der Waals surface area (Å²) in [6, 6.07) is 7.70. The Morgan fingerprint density at radius 2 is 1.88 bits per heavy atom. The predicted molar refractivity (Wildman–Crippen MR) is 87.4 cm³/mol. The van der Waals surface area contributed by atoms with Crippen molar-refractivity contribution in [2.75, 3.05) is 12.8 Å². The molecular weight excluding hydrogens is 336 g/mol. The number of nitrogens with two attached hydrogens (primary N) is 1. The first-order valence-electron chi connectivity index (χ1n) is 7.41. The molecule has 0 heterocycles. The van der Waals surface area contributed by atoms with E-state index in [2.05, 4.69) is 9.46 Å². The molecule has 0 saturated heterocycles. The Bertz CT molecular complexity index is 633. The zero-order valence-corrected chi connectivity index (χ0v) is 14.3. The number of hydrogen-bond acceptors (Lipinski definition) is 7. The first-order valence-corrected chi connectivity index (χ1v) is 9.30. The number of sulfonamides is 1. The standard InChI is InChI=1S/C15H22N2O6S/c1-24(20,21)17-13(9-5-6-10-16)14(18)23-15(19)22-11-12-7-3-2-4-8-12/h2-4,7-8,13,17H,5-6,9-11,16H2,1H3/t13-/m0/s1. The molecule has 0 unspecified atom stereocenters. The lowest BCUT2D eigenvalue weighted by atomic mass is 10.1. The van der Waals surface area contributed by atoms with Crippen LogP contribution in [0.15, 0.2) is 30.3 Å². The second-order valence-electron chi connectivity index (χ2n) is 5.17. The molecule has 0 amide bonds. The number of hydrogen-bond donors (Lipinski definition) is 2. The summed E-state index contributed by atoms with van der Waals surface area (Å²) in [5.74, 6) is -1.00. The second-order valence-corrected chi connectivity index (χ2v) is 6.95. The number of carbonyl (C=O) groups excluding carboxylic acids is 2. The van der Waals surface area contributed by atoms with Gasteiger partial charge in [0.05, 0.1) is 6.26 Å². The van der Waals surface area contributed by atoms with Crippen LogP contribution in [0.3, 0.4) is 0 Å². The minimum Gasteiger partial charge on any atom is -0.429 e. The summed E-state index contributed by atoms with van der Waals surface area (Å²) in [4.78, 5) is 23.5. The zero-order valence-electron chi connectivity index (χ0n) is 13.4. The van der Waals surface area contributed by atoms with Crippen molar-refractivity contribution in [1.82, 2.24) is 4.72 Å². The van der Waals surface area contributed by atoms with E-state index in [0.29, 0.717) is 19.4 Å². The Kier molecular flexibility index (Phi) is 8.37. The summed E-state index contributed by atoms with van der Waals surface area (Å²) < 4.78 is 34.2. The van der Waals surface area contributed by atoms with Crippen LogP contribution >= 0.6 is 0 Å². The number of nitrogens with one attached hydrogen (secondary N) is 1. The van der Waals surface area contributed by atoms with Gasteiger partial charge in [0.2, 0.25) is 10.0 Å². The minimum atomic E-state index is -3.63. The number of benzene rings is 1. The highest BCUT2D eigenvalue weighted by molar-refractivity contribution is 7.88. The molecule has 0 fully saturated rings. The van der Waals surface area contributed by atoms with Crippen LogP contribution in [-0.2, 0) is 30.9 Å². The fourth-order valence-electron chi connectivity index (χ4n) is 1.88. The fraction of sp³-hybridized carbons (Fsp3) is 0.467. The first-order chi connectivity index (χ1) is 11.3. The van der Waals surface area contributed by atoms with Gasteiger partial charge in [0.1, 0.15) is 12.6 Å². The van der Waals surface area contributed by atoms with Gasteiger partial charge in [-0.15, -0.1) is 0 Å². The van der Waals surface area contributed by atoms with Crippen LogP contribution in [0.1, 0.15) is 24.8 Å². The molecule has 0 spiro atoms. The number of ether oxygens (including phenoxy) is 2. The molecule has 0 aliphatic rings. The van der Waals surface area contributed by atoms with Crippen LogP contribution in [0.4, 0.5) is 4.79 Å². The number of esters is 1. The summed E-state index contributed by atoms with van der Waals surface area (Å²) in [6.07, 6.45) is 1.05. The Morgan fingerprint density at radius 3 is 2.46 bits per heavy atom. The van der Waals surface area contributed by atoms with E-state index in [4.69, 9.17) is 10.5 Å². The molecule has 0 bridgehead atoms. The van der Waals surface area contributed by atoms with Gasteiger partial charge >= 0.3 is 12.1 Å². The summed E-state index contributed by atoms with van der Waals surface area (Å²) in [6.45, 7) is 0.365. The lowest BCUT2D eigenvalue weighted by molar-refractivity contribution is -0.142. The molecule has 0 aliphatic carbocycles. The molecule has 24 heavy (non-hydrogen) atoms. The van der Waals surface area contributed by atoms with Crippen LogP contribution < -0.4 is 10.5 Å². The number of carbonyl (C=O) groups is 2. The lowest BCUT2D eigenvalue weighted by Crippen LogP contribution is -2.42. The van der Waals surface area contributed by atoms with E-state index in [-0.39, 0.29) is 13.0 Å². The van der Waals surface area contributed by atoms with Gasteiger partial charge in [-0.25, -0.2) is 22.7 Å². The third-order valence-electron chi connectivity index (χ3n) is 2.97. The molecule has 8 nitrogen and oxygen atoms in total. The highest BCUT2D eigenvalue weighted by atomic mass is 32.2. The molecule has 1 atom stereocenters. The van der Waals surface area contributed by atoms with Crippen LogP contribution in [-0.4, -0.2) is 39.4 Å². The van der Waals surface area contributed by atoms with Gasteiger partial charge in [-0.05, 0) is 24.9 Å². The molecular formula is C15H22N2O6S. The van der Waals surface area contributed by atoms with Crippen molar-refractivity contribution >= 4 is 22.1 Å². The van der Waals surface area contributed by atoms with Gasteiger partial charge in [0.15, 0.2) is 0 Å². The van der Waals surface area contributed by atoms with Gasteiger partial charge in [0.25, 0.3) is 0 Å². The molecule has 134 valence electrons. The van der Waals surface area contributed by atoms with Crippen molar-refractivity contribution in [1.29, 1.82) is 0 Å². The van der Waals surface area contributed by atoms with E-state index < -0.39 is 28.2 Å². The van der Waals surface area contributed by atoms with Gasteiger partial charge < -0.3 is 15.2 Å². The van der Waals surface area contributed by atoms with Crippen molar-refractivity contribution in [3.8, 4) is 0 Å². The van der Waals surface area contributed by atoms with Gasteiger partial charge in [-0.3, -0.25) is 0 Å². The lowest BCUT2D eigenvalue weighted by Gasteiger charge is -2.15. The molecule has 3 N–H and O–H groups in total. The SMILES string of the molecule is CS(=O)(=O)N[C@@H](CCCCN)C(=O)OC(=O)OCc1ccccc1. The quantitative estimate of drug-likeness (QED) is 0.382. The zero-order chi connectivity index (χ0) is 18.0. The van der Waals surface area contributed by atoms with Crippen molar-refractivity contribution in [2.45, 2.75) is 31.9 Å². The summed E-state index contributed by atoms with van der Waals surface area (Å²) >= 11 is 0. The van der Waals surface area contributed by atoms with Crippen LogP contribution in [0, 0.1) is 0 Å². The average Bonchev–Trinajstić information content (AvgIpc) is 2.52. The second kappa shape index (κ2) is 10.0. The van der Waals surface area contributed by atoms with Gasteiger partial charge in [-0.1, -0.05) is 36.8 Å². The van der Waals surface area contributed by atoms with Crippen LogP contribution in [0.5, 0.6) is 0 Å². The number of unbranched alkanes of at least 4 members (excludes halogenated alkanes) is 1. The van der Waals surface area contributed by atoms with E-state index in [1.54, 1.807) is 24.3 Å². The monoisotopic (exact) mass is 358 g/mol. The normalized spacial score (nSPS) is 12.4. The largest absolute Gasteiger partial charge is 0.516 e.